The van der Waals surface area contributed by atoms with E-state index >= 15 is 0 Å². The van der Waals surface area contributed by atoms with Crippen LogP contribution in [0, 0.1) is 6.92 Å². The summed E-state index contributed by atoms with van der Waals surface area (Å²) in [5.41, 5.74) is 3.26. The van der Waals surface area contributed by atoms with Crippen LogP contribution in [0.1, 0.15) is 22.9 Å². The van der Waals surface area contributed by atoms with E-state index in [0.717, 1.165) is 43.3 Å². The fraction of sp³-hybridized carbons (Fsp3) is 0.294. The first kappa shape index (κ1) is 14.0. The van der Waals surface area contributed by atoms with Gasteiger partial charge in [-0.25, -0.2) is 4.98 Å². The second kappa shape index (κ2) is 5.89. The number of aromatic amines is 1. The smallest absolute Gasteiger partial charge is 0.399 e. The summed E-state index contributed by atoms with van der Waals surface area (Å²) in [5.74, 6) is 1.70. The molecule has 23 heavy (non-hydrogen) atoms. The van der Waals surface area contributed by atoms with Crippen molar-refractivity contribution in [3.05, 3.63) is 59.5 Å². The van der Waals surface area contributed by atoms with Gasteiger partial charge < -0.3 is 14.1 Å². The second-order valence-electron chi connectivity index (χ2n) is 5.73. The fourth-order valence-electron chi connectivity index (χ4n) is 2.85. The third kappa shape index (κ3) is 3.12. The number of H-pyrrole nitrogens is 1. The molecule has 0 spiro atoms. The Morgan fingerprint density at radius 1 is 1.26 bits per heavy atom. The number of imidazole rings is 1. The number of rotatable bonds is 4. The van der Waals surface area contributed by atoms with Crippen molar-refractivity contribution in [2.75, 3.05) is 6.54 Å². The summed E-state index contributed by atoms with van der Waals surface area (Å²) in [4.78, 5) is 14.6. The molecule has 3 aromatic rings. The summed E-state index contributed by atoms with van der Waals surface area (Å²) < 4.78 is 11.0. The monoisotopic (exact) mass is 310 g/mol. The number of para-hydroxylation sites is 1. The molecule has 0 radical (unpaired) electrons. The number of ether oxygens (including phenoxy) is 1. The number of benzene rings is 1. The average Bonchev–Trinajstić information content (AvgIpc) is 3.13. The molecule has 0 bridgehead atoms. The molecule has 0 unspecified atom stereocenters. The molecule has 4 rings (SSSR count). The minimum Gasteiger partial charge on any atom is -0.417 e. The molecule has 1 N–H and O–H groups in total. The van der Waals surface area contributed by atoms with Crippen LogP contribution in [0.2, 0.25) is 0 Å². The Morgan fingerprint density at radius 2 is 2.13 bits per heavy atom. The zero-order chi connectivity index (χ0) is 15.6. The highest BCUT2D eigenvalue weighted by Crippen LogP contribution is 2.22. The molecule has 0 saturated carbocycles. The Labute approximate surface area is 134 Å². The van der Waals surface area contributed by atoms with Gasteiger partial charge in [0.15, 0.2) is 0 Å². The summed E-state index contributed by atoms with van der Waals surface area (Å²) in [7, 11) is 0. The molecule has 6 nitrogen and oxygen atoms in total. The highest BCUT2D eigenvalue weighted by atomic mass is 16.6. The number of oxazole rings is 1. The van der Waals surface area contributed by atoms with Crippen LogP contribution in [0.3, 0.4) is 0 Å². The number of nitrogens with one attached hydrogen (secondary N) is 1. The maximum absolute atomic E-state index is 5.60. The highest BCUT2D eigenvalue weighted by Gasteiger charge is 2.20. The number of hydrogen-bond acceptors (Lipinski definition) is 5. The first-order valence-corrected chi connectivity index (χ1v) is 7.70. The van der Waals surface area contributed by atoms with E-state index in [2.05, 4.69) is 19.9 Å². The average molecular weight is 310 g/mol. The van der Waals surface area contributed by atoms with E-state index in [9.17, 15) is 0 Å². The van der Waals surface area contributed by atoms with Crippen LogP contribution in [0.15, 0.2) is 41.0 Å². The fourth-order valence-corrected chi connectivity index (χ4v) is 2.85. The van der Waals surface area contributed by atoms with Gasteiger partial charge in [-0.3, -0.25) is 4.90 Å². The maximum atomic E-state index is 5.60. The number of aryl methyl sites for hydroxylation is 1. The molecule has 6 heteroatoms. The van der Waals surface area contributed by atoms with E-state index < -0.39 is 0 Å². The van der Waals surface area contributed by atoms with Crippen molar-refractivity contribution in [2.24, 2.45) is 0 Å². The zero-order valence-corrected chi connectivity index (χ0v) is 13.0. The quantitative estimate of drug-likeness (QED) is 0.802. The molecule has 1 aromatic carbocycles. The van der Waals surface area contributed by atoms with Crippen LogP contribution >= 0.6 is 0 Å². The van der Waals surface area contributed by atoms with Crippen LogP contribution in [0.5, 0.6) is 11.8 Å². The Balaban J connectivity index is 1.40. The molecule has 118 valence electrons. The van der Waals surface area contributed by atoms with Crippen molar-refractivity contribution in [3.8, 4) is 11.8 Å². The lowest BCUT2D eigenvalue weighted by Gasteiger charge is -2.24. The van der Waals surface area contributed by atoms with Gasteiger partial charge in [-0.15, -0.1) is 0 Å². The summed E-state index contributed by atoms with van der Waals surface area (Å²) in [6, 6.07) is 9.51. The van der Waals surface area contributed by atoms with E-state index in [0.29, 0.717) is 0 Å². The predicted molar refractivity (Wildman–Crippen MR) is 84.2 cm³/mol. The van der Waals surface area contributed by atoms with E-state index in [-0.39, 0.29) is 6.08 Å². The molecule has 0 fully saturated rings. The summed E-state index contributed by atoms with van der Waals surface area (Å²) in [6.07, 6.45) is 2.90. The van der Waals surface area contributed by atoms with E-state index in [4.69, 9.17) is 9.15 Å². The van der Waals surface area contributed by atoms with Crippen molar-refractivity contribution < 1.29 is 9.15 Å². The summed E-state index contributed by atoms with van der Waals surface area (Å²) in [6.45, 7) is 4.56. The molecule has 0 aliphatic carbocycles. The predicted octanol–water partition coefficient (Wildman–Crippen LogP) is 3.06. The highest BCUT2D eigenvalue weighted by molar-refractivity contribution is 5.23. The number of fused-ring (bicyclic) bond motifs is 1. The number of hydrogen-bond donors (Lipinski definition) is 1. The van der Waals surface area contributed by atoms with Crippen LogP contribution in [0.4, 0.5) is 0 Å². The van der Waals surface area contributed by atoms with Gasteiger partial charge in [-0.1, -0.05) is 18.2 Å². The van der Waals surface area contributed by atoms with Gasteiger partial charge in [0, 0.05) is 26.1 Å². The van der Waals surface area contributed by atoms with Gasteiger partial charge >= 0.3 is 6.08 Å². The van der Waals surface area contributed by atoms with Crippen LogP contribution < -0.4 is 4.74 Å². The van der Waals surface area contributed by atoms with Crippen molar-refractivity contribution in [1.29, 1.82) is 0 Å². The first-order chi connectivity index (χ1) is 11.3. The Kier molecular flexibility index (Phi) is 3.59. The van der Waals surface area contributed by atoms with Gasteiger partial charge in [0.1, 0.15) is 17.8 Å². The number of aromatic nitrogens is 3. The van der Waals surface area contributed by atoms with Crippen molar-refractivity contribution in [3.63, 3.8) is 0 Å². The lowest BCUT2D eigenvalue weighted by Crippen LogP contribution is -2.30. The molecule has 3 heterocycles. The summed E-state index contributed by atoms with van der Waals surface area (Å²) in [5, 5.41) is 0. The van der Waals surface area contributed by atoms with Crippen molar-refractivity contribution >= 4 is 0 Å². The van der Waals surface area contributed by atoms with Gasteiger partial charge in [0.05, 0.1) is 17.1 Å². The van der Waals surface area contributed by atoms with Gasteiger partial charge in [-0.2, -0.15) is 4.98 Å². The van der Waals surface area contributed by atoms with Crippen LogP contribution in [-0.2, 0) is 19.5 Å². The topological polar surface area (TPSA) is 67.2 Å². The number of nitrogens with zero attached hydrogens (tertiary/aromatic N) is 3. The second-order valence-corrected chi connectivity index (χ2v) is 5.73. The lowest BCUT2D eigenvalue weighted by atomic mass is 10.1. The van der Waals surface area contributed by atoms with Crippen LogP contribution in [0.25, 0.3) is 0 Å². The summed E-state index contributed by atoms with van der Waals surface area (Å²) >= 11 is 0. The van der Waals surface area contributed by atoms with E-state index in [1.54, 1.807) is 6.26 Å². The van der Waals surface area contributed by atoms with Crippen LogP contribution in [-0.4, -0.2) is 26.4 Å². The SMILES string of the molecule is Cc1nc2c([nH]1)CN(Cc1coc(Oc3ccccc3)n1)CC2. The third-order valence-corrected chi connectivity index (χ3v) is 3.89. The molecule has 0 saturated heterocycles. The molecule has 2 aromatic heterocycles. The van der Waals surface area contributed by atoms with E-state index in [1.165, 1.54) is 11.4 Å². The Hall–Kier alpha value is -2.60. The maximum Gasteiger partial charge on any atom is 0.399 e. The van der Waals surface area contributed by atoms with Crippen molar-refractivity contribution in [1.82, 2.24) is 19.9 Å². The molecule has 1 aliphatic rings. The minimum absolute atomic E-state index is 0.279. The molecular formula is C17H18N4O2. The normalized spacial score (nSPS) is 14.7. The lowest BCUT2D eigenvalue weighted by molar-refractivity contribution is 0.238. The molecule has 0 atom stereocenters. The molecule has 0 amide bonds. The van der Waals surface area contributed by atoms with Gasteiger partial charge in [0.25, 0.3) is 0 Å². The first-order valence-electron chi connectivity index (χ1n) is 7.70. The van der Waals surface area contributed by atoms with Crippen molar-refractivity contribution in [2.45, 2.75) is 26.4 Å². The largest absolute Gasteiger partial charge is 0.417 e. The van der Waals surface area contributed by atoms with Gasteiger partial charge in [0.2, 0.25) is 0 Å². The molecular weight excluding hydrogens is 292 g/mol. The Bertz CT molecular complexity index is 794. The molecule has 1 aliphatic heterocycles. The standard InChI is InChI=1S/C17H18N4O2/c1-12-18-15-7-8-21(10-16(15)19-12)9-13-11-22-17(20-13)23-14-5-3-2-4-6-14/h2-6,11H,7-10H2,1H3,(H,18,19). The Morgan fingerprint density at radius 3 is 3.00 bits per heavy atom. The van der Waals surface area contributed by atoms with E-state index in [1.807, 2.05) is 37.3 Å². The third-order valence-electron chi connectivity index (χ3n) is 3.89. The minimum atomic E-state index is 0.279. The zero-order valence-electron chi connectivity index (χ0n) is 13.0. The van der Waals surface area contributed by atoms with Gasteiger partial charge in [-0.05, 0) is 19.1 Å².